The summed E-state index contributed by atoms with van der Waals surface area (Å²) in [5.74, 6) is 3.18. The largest absolute Gasteiger partial charge is 0.357 e. The molecule has 0 unspecified atom stereocenters. The maximum atomic E-state index is 4.83. The molecule has 5 nitrogen and oxygen atoms in total. The van der Waals surface area contributed by atoms with Gasteiger partial charge in [0.2, 0.25) is 0 Å². The summed E-state index contributed by atoms with van der Waals surface area (Å²) in [4.78, 5) is 14.0. The topological polar surface area (TPSA) is 43.8 Å². The predicted octanol–water partition coefficient (Wildman–Crippen LogP) is 2.36. The van der Waals surface area contributed by atoms with Gasteiger partial charge in [0, 0.05) is 45.5 Å². The van der Waals surface area contributed by atoms with E-state index < -0.39 is 0 Å². The first-order chi connectivity index (χ1) is 11.4. The number of hydrogen-bond acceptors (Lipinski definition) is 3. The zero-order chi connectivity index (χ0) is 15.9. The van der Waals surface area contributed by atoms with Crippen LogP contribution in [0.5, 0.6) is 0 Å². The van der Waals surface area contributed by atoms with Crippen LogP contribution in [0.2, 0.25) is 0 Å². The zero-order valence-electron chi connectivity index (χ0n) is 14.2. The van der Waals surface area contributed by atoms with Crippen LogP contribution in [0, 0.1) is 5.92 Å². The molecule has 1 aliphatic carbocycles. The van der Waals surface area contributed by atoms with Crippen LogP contribution in [0.15, 0.2) is 29.4 Å². The molecule has 2 fully saturated rings. The number of pyridine rings is 1. The van der Waals surface area contributed by atoms with Crippen LogP contribution in [-0.2, 0) is 0 Å². The summed E-state index contributed by atoms with van der Waals surface area (Å²) in [6, 6.07) is 6.12. The number of rotatable bonds is 6. The van der Waals surface area contributed by atoms with E-state index in [9.17, 15) is 0 Å². The molecule has 0 bridgehead atoms. The molecule has 126 valence electrons. The Morgan fingerprint density at radius 2 is 2.09 bits per heavy atom. The first-order valence-corrected chi connectivity index (χ1v) is 9.06. The number of guanidine groups is 1. The van der Waals surface area contributed by atoms with Crippen molar-refractivity contribution in [1.29, 1.82) is 0 Å². The number of nitrogens with zero attached hydrogens (tertiary/aromatic N) is 4. The van der Waals surface area contributed by atoms with Crippen molar-refractivity contribution in [2.24, 2.45) is 10.9 Å². The molecule has 0 aromatic carbocycles. The van der Waals surface area contributed by atoms with E-state index in [2.05, 4.69) is 39.2 Å². The van der Waals surface area contributed by atoms with E-state index in [0.717, 1.165) is 57.0 Å². The Bertz CT molecular complexity index is 489. The Kier molecular flexibility index (Phi) is 5.72. The molecule has 1 aliphatic heterocycles. The van der Waals surface area contributed by atoms with Gasteiger partial charge in [-0.3, -0.25) is 4.99 Å². The van der Waals surface area contributed by atoms with Crippen molar-refractivity contribution in [3.05, 3.63) is 24.4 Å². The molecule has 2 aliphatic rings. The first-order valence-electron chi connectivity index (χ1n) is 9.06. The molecular weight excluding hydrogens is 286 g/mol. The van der Waals surface area contributed by atoms with Crippen molar-refractivity contribution < 1.29 is 0 Å². The molecule has 0 spiro atoms. The van der Waals surface area contributed by atoms with Crippen molar-refractivity contribution in [2.45, 2.75) is 32.6 Å². The average Bonchev–Trinajstić information content (AvgIpc) is 3.43. The second-order valence-electron chi connectivity index (χ2n) is 6.48. The maximum Gasteiger partial charge on any atom is 0.194 e. The van der Waals surface area contributed by atoms with Gasteiger partial charge in [0.1, 0.15) is 5.82 Å². The van der Waals surface area contributed by atoms with E-state index in [1.807, 2.05) is 12.3 Å². The second-order valence-corrected chi connectivity index (χ2v) is 6.48. The fourth-order valence-corrected chi connectivity index (χ4v) is 3.09. The molecule has 1 aromatic rings. The fraction of sp³-hybridized carbons (Fsp3) is 0.667. The number of anilines is 1. The molecule has 5 heteroatoms. The molecule has 2 heterocycles. The average molecular weight is 315 g/mol. The van der Waals surface area contributed by atoms with Gasteiger partial charge in [0.05, 0.1) is 0 Å². The molecule has 0 atom stereocenters. The summed E-state index contributed by atoms with van der Waals surface area (Å²) >= 11 is 0. The van der Waals surface area contributed by atoms with E-state index in [-0.39, 0.29) is 0 Å². The lowest BCUT2D eigenvalue weighted by Gasteiger charge is -2.37. The van der Waals surface area contributed by atoms with Crippen molar-refractivity contribution in [1.82, 2.24) is 15.2 Å². The predicted molar refractivity (Wildman–Crippen MR) is 96.0 cm³/mol. The number of aliphatic imine (C=N–C) groups is 1. The van der Waals surface area contributed by atoms with Crippen LogP contribution in [0.4, 0.5) is 5.82 Å². The van der Waals surface area contributed by atoms with Gasteiger partial charge >= 0.3 is 0 Å². The Morgan fingerprint density at radius 1 is 1.26 bits per heavy atom. The van der Waals surface area contributed by atoms with Crippen molar-refractivity contribution in [2.75, 3.05) is 44.2 Å². The van der Waals surface area contributed by atoms with Crippen molar-refractivity contribution in [3.63, 3.8) is 0 Å². The van der Waals surface area contributed by atoms with Gasteiger partial charge < -0.3 is 15.1 Å². The molecule has 1 aromatic heterocycles. The van der Waals surface area contributed by atoms with Gasteiger partial charge in [-0.25, -0.2) is 4.98 Å². The third kappa shape index (κ3) is 4.85. The van der Waals surface area contributed by atoms with Crippen LogP contribution in [-0.4, -0.2) is 55.1 Å². The Morgan fingerprint density at radius 3 is 2.74 bits per heavy atom. The number of aromatic nitrogens is 1. The summed E-state index contributed by atoms with van der Waals surface area (Å²) < 4.78 is 0. The van der Waals surface area contributed by atoms with Gasteiger partial charge in [0.25, 0.3) is 0 Å². The highest BCUT2D eigenvalue weighted by atomic mass is 15.4. The van der Waals surface area contributed by atoms with Crippen LogP contribution < -0.4 is 10.2 Å². The monoisotopic (exact) mass is 315 g/mol. The van der Waals surface area contributed by atoms with Crippen molar-refractivity contribution in [3.8, 4) is 0 Å². The normalized spacial score (nSPS) is 19.1. The smallest absolute Gasteiger partial charge is 0.194 e. The lowest BCUT2D eigenvalue weighted by molar-refractivity contribution is 0.371. The summed E-state index contributed by atoms with van der Waals surface area (Å²) in [6.07, 6.45) is 7.34. The lowest BCUT2D eigenvalue weighted by atomic mass is 10.2. The minimum atomic E-state index is 0.932. The number of hydrogen-bond donors (Lipinski definition) is 1. The van der Waals surface area contributed by atoms with Gasteiger partial charge in [-0.2, -0.15) is 0 Å². The maximum absolute atomic E-state index is 4.83. The molecule has 1 saturated heterocycles. The van der Waals surface area contributed by atoms with Crippen LogP contribution in [0.3, 0.4) is 0 Å². The summed E-state index contributed by atoms with van der Waals surface area (Å²) in [7, 11) is 0. The number of nitrogens with one attached hydrogen (secondary N) is 1. The molecule has 0 radical (unpaired) electrons. The molecule has 23 heavy (non-hydrogen) atoms. The van der Waals surface area contributed by atoms with E-state index in [1.165, 1.54) is 25.7 Å². The Balaban J connectivity index is 1.49. The fourth-order valence-electron chi connectivity index (χ4n) is 3.09. The highest BCUT2D eigenvalue weighted by Crippen LogP contribution is 2.33. The number of piperazine rings is 1. The lowest BCUT2D eigenvalue weighted by Crippen LogP contribution is -2.52. The van der Waals surface area contributed by atoms with E-state index >= 15 is 0 Å². The highest BCUT2D eigenvalue weighted by molar-refractivity contribution is 5.80. The molecular formula is C18H29N5. The SMILES string of the molecule is CCNC(=NCCCC1CC1)N1CCN(c2ccccn2)CC1. The summed E-state index contributed by atoms with van der Waals surface area (Å²) in [5, 5.41) is 3.45. The van der Waals surface area contributed by atoms with Crippen molar-refractivity contribution >= 4 is 11.8 Å². The van der Waals surface area contributed by atoms with Gasteiger partial charge in [-0.15, -0.1) is 0 Å². The van der Waals surface area contributed by atoms with E-state index in [1.54, 1.807) is 0 Å². The summed E-state index contributed by atoms with van der Waals surface area (Å²) in [5.41, 5.74) is 0. The van der Waals surface area contributed by atoms with Gasteiger partial charge in [0.15, 0.2) is 5.96 Å². The molecule has 1 saturated carbocycles. The van der Waals surface area contributed by atoms with Gasteiger partial charge in [-0.1, -0.05) is 18.9 Å². The van der Waals surface area contributed by atoms with Crippen LogP contribution in [0.1, 0.15) is 32.6 Å². The zero-order valence-corrected chi connectivity index (χ0v) is 14.2. The van der Waals surface area contributed by atoms with Crippen LogP contribution >= 0.6 is 0 Å². The quantitative estimate of drug-likeness (QED) is 0.497. The van der Waals surface area contributed by atoms with Crippen LogP contribution in [0.25, 0.3) is 0 Å². The minimum absolute atomic E-state index is 0.932. The molecule has 1 N–H and O–H groups in total. The molecule has 0 amide bonds. The highest BCUT2D eigenvalue weighted by Gasteiger charge is 2.21. The van der Waals surface area contributed by atoms with Gasteiger partial charge in [-0.05, 0) is 37.8 Å². The first kappa shape index (κ1) is 16.1. The summed E-state index contributed by atoms with van der Waals surface area (Å²) in [6.45, 7) is 8.05. The Labute approximate surface area is 139 Å². The Hall–Kier alpha value is -1.78. The second kappa shape index (κ2) is 8.18. The third-order valence-corrected chi connectivity index (χ3v) is 4.62. The molecule has 3 rings (SSSR count). The standard InChI is InChI=1S/C18H29N5/c1-2-19-18(21-11-5-6-16-8-9-16)23-14-12-22(13-15-23)17-7-3-4-10-20-17/h3-4,7,10,16H,2,5-6,8-9,11-15H2,1H3,(H,19,21). The minimum Gasteiger partial charge on any atom is -0.357 e. The van der Waals surface area contributed by atoms with E-state index in [4.69, 9.17) is 4.99 Å². The van der Waals surface area contributed by atoms with E-state index in [0.29, 0.717) is 0 Å². The third-order valence-electron chi connectivity index (χ3n) is 4.62.